The monoisotopic (exact) mass is 314 g/mol. The number of aromatic nitrogens is 1. The van der Waals surface area contributed by atoms with Crippen LogP contribution >= 0.6 is 0 Å². The smallest absolute Gasteiger partial charge is 0.228 e. The SMILES string of the molecule is O=C(Nc1ccc(N2CCCCC2)nc1)C1CC12CCNCC2. The lowest BCUT2D eigenvalue weighted by Crippen LogP contribution is -2.31. The molecule has 2 saturated heterocycles. The second-order valence-corrected chi connectivity index (χ2v) is 7.31. The molecule has 1 aromatic heterocycles. The molecule has 2 N–H and O–H groups in total. The highest BCUT2D eigenvalue weighted by Gasteiger charge is 2.57. The van der Waals surface area contributed by atoms with Crippen LogP contribution < -0.4 is 15.5 Å². The van der Waals surface area contributed by atoms with E-state index < -0.39 is 0 Å². The Morgan fingerprint density at radius 2 is 2.00 bits per heavy atom. The van der Waals surface area contributed by atoms with Gasteiger partial charge in [0.05, 0.1) is 11.9 Å². The van der Waals surface area contributed by atoms with Crippen molar-refractivity contribution >= 4 is 17.4 Å². The van der Waals surface area contributed by atoms with E-state index in [2.05, 4.69) is 20.5 Å². The highest BCUT2D eigenvalue weighted by molar-refractivity contribution is 5.95. The first-order valence-corrected chi connectivity index (χ1v) is 8.99. The number of hydrogen-bond donors (Lipinski definition) is 2. The summed E-state index contributed by atoms with van der Waals surface area (Å²) in [6.45, 7) is 4.29. The van der Waals surface area contributed by atoms with E-state index in [0.717, 1.165) is 56.9 Å². The number of nitrogens with zero attached hydrogens (tertiary/aromatic N) is 2. The predicted molar refractivity (Wildman–Crippen MR) is 91.6 cm³/mol. The largest absolute Gasteiger partial charge is 0.357 e. The summed E-state index contributed by atoms with van der Waals surface area (Å²) in [5.41, 5.74) is 1.11. The summed E-state index contributed by atoms with van der Waals surface area (Å²) in [5.74, 6) is 1.41. The fourth-order valence-electron chi connectivity index (χ4n) is 4.20. The number of hydrogen-bond acceptors (Lipinski definition) is 4. The highest BCUT2D eigenvalue weighted by Crippen LogP contribution is 2.58. The van der Waals surface area contributed by atoms with Crippen LogP contribution in [0.3, 0.4) is 0 Å². The van der Waals surface area contributed by atoms with E-state index >= 15 is 0 Å². The lowest BCUT2D eigenvalue weighted by atomic mass is 9.92. The molecular formula is C18H26N4O. The zero-order chi connectivity index (χ0) is 15.7. The normalized spacial score (nSPS) is 26.1. The van der Waals surface area contributed by atoms with Gasteiger partial charge in [-0.15, -0.1) is 0 Å². The third-order valence-electron chi connectivity index (χ3n) is 5.80. The van der Waals surface area contributed by atoms with Gasteiger partial charge in [-0.2, -0.15) is 0 Å². The van der Waals surface area contributed by atoms with Gasteiger partial charge in [-0.05, 0) is 69.2 Å². The summed E-state index contributed by atoms with van der Waals surface area (Å²) in [4.78, 5) is 19.3. The van der Waals surface area contributed by atoms with Gasteiger partial charge in [-0.3, -0.25) is 4.79 Å². The number of piperidine rings is 2. The maximum absolute atomic E-state index is 12.5. The van der Waals surface area contributed by atoms with E-state index in [1.807, 2.05) is 12.1 Å². The molecule has 0 aromatic carbocycles. The van der Waals surface area contributed by atoms with Crippen molar-refractivity contribution in [3.63, 3.8) is 0 Å². The zero-order valence-electron chi connectivity index (χ0n) is 13.7. The van der Waals surface area contributed by atoms with E-state index in [4.69, 9.17) is 0 Å². The summed E-state index contributed by atoms with van der Waals surface area (Å²) in [6.07, 6.45) is 8.95. The van der Waals surface area contributed by atoms with Crippen molar-refractivity contribution in [1.29, 1.82) is 0 Å². The molecule has 1 amide bonds. The van der Waals surface area contributed by atoms with Crippen LogP contribution in [0.5, 0.6) is 0 Å². The molecule has 4 rings (SSSR count). The van der Waals surface area contributed by atoms with Crippen molar-refractivity contribution in [3.05, 3.63) is 18.3 Å². The van der Waals surface area contributed by atoms with E-state index in [-0.39, 0.29) is 17.2 Å². The number of anilines is 2. The standard InChI is InChI=1S/C18H26N4O/c23-17(15-12-18(15)6-8-19-9-7-18)21-14-4-5-16(20-13-14)22-10-2-1-3-11-22/h4-5,13,15,19H,1-3,6-12H2,(H,21,23). The van der Waals surface area contributed by atoms with E-state index in [1.165, 1.54) is 19.3 Å². The second kappa shape index (κ2) is 6.11. The van der Waals surface area contributed by atoms with Crippen molar-refractivity contribution in [3.8, 4) is 0 Å². The Kier molecular flexibility index (Phi) is 3.97. The summed E-state index contributed by atoms with van der Waals surface area (Å²) < 4.78 is 0. The highest BCUT2D eigenvalue weighted by atomic mass is 16.2. The lowest BCUT2D eigenvalue weighted by molar-refractivity contribution is -0.118. The Hall–Kier alpha value is -1.62. The van der Waals surface area contributed by atoms with Gasteiger partial charge in [-0.1, -0.05) is 0 Å². The Labute approximate surface area is 137 Å². The molecule has 3 aliphatic rings. The minimum Gasteiger partial charge on any atom is -0.357 e. The van der Waals surface area contributed by atoms with Crippen molar-refractivity contribution in [1.82, 2.24) is 10.3 Å². The number of rotatable bonds is 3. The van der Waals surface area contributed by atoms with Gasteiger partial charge < -0.3 is 15.5 Å². The Balaban J connectivity index is 1.35. The molecule has 1 unspecified atom stereocenters. The van der Waals surface area contributed by atoms with Crippen LogP contribution in [0.15, 0.2) is 18.3 Å². The van der Waals surface area contributed by atoms with Gasteiger partial charge in [0.15, 0.2) is 0 Å². The summed E-state index contributed by atoms with van der Waals surface area (Å²) in [7, 11) is 0. The fraction of sp³-hybridized carbons (Fsp3) is 0.667. The zero-order valence-corrected chi connectivity index (χ0v) is 13.7. The number of nitrogens with one attached hydrogen (secondary N) is 2. The first kappa shape index (κ1) is 14.9. The topological polar surface area (TPSA) is 57.3 Å². The molecule has 0 radical (unpaired) electrons. The van der Waals surface area contributed by atoms with Crippen LogP contribution in [0, 0.1) is 11.3 Å². The number of pyridine rings is 1. The third-order valence-corrected chi connectivity index (χ3v) is 5.80. The maximum atomic E-state index is 12.5. The second-order valence-electron chi connectivity index (χ2n) is 7.31. The molecule has 124 valence electrons. The minimum absolute atomic E-state index is 0.180. The van der Waals surface area contributed by atoms with Crippen molar-refractivity contribution in [2.45, 2.75) is 38.5 Å². The molecule has 3 fully saturated rings. The van der Waals surface area contributed by atoms with Crippen LogP contribution in [0.4, 0.5) is 11.5 Å². The first-order chi connectivity index (χ1) is 11.3. The minimum atomic E-state index is 0.180. The third kappa shape index (κ3) is 3.07. The summed E-state index contributed by atoms with van der Waals surface area (Å²) >= 11 is 0. The van der Waals surface area contributed by atoms with Crippen LogP contribution in [-0.4, -0.2) is 37.1 Å². The molecule has 3 heterocycles. The molecule has 0 bridgehead atoms. The molecule has 5 nitrogen and oxygen atoms in total. The predicted octanol–water partition coefficient (Wildman–Crippen LogP) is 2.40. The fourth-order valence-corrected chi connectivity index (χ4v) is 4.20. The number of carbonyl (C=O) groups excluding carboxylic acids is 1. The summed E-state index contributed by atoms with van der Waals surface area (Å²) in [6, 6.07) is 4.03. The van der Waals surface area contributed by atoms with E-state index in [9.17, 15) is 4.79 Å². The van der Waals surface area contributed by atoms with Crippen LogP contribution in [0.2, 0.25) is 0 Å². The van der Waals surface area contributed by atoms with Gasteiger partial charge in [0.2, 0.25) is 5.91 Å². The van der Waals surface area contributed by atoms with Crippen LogP contribution in [0.1, 0.15) is 38.5 Å². The maximum Gasteiger partial charge on any atom is 0.228 e. The molecule has 1 spiro atoms. The molecule has 1 saturated carbocycles. The molecule has 1 aliphatic carbocycles. The number of amides is 1. The van der Waals surface area contributed by atoms with E-state index in [0.29, 0.717) is 0 Å². The molecule has 1 atom stereocenters. The Morgan fingerprint density at radius 3 is 2.70 bits per heavy atom. The summed E-state index contributed by atoms with van der Waals surface area (Å²) in [5, 5.41) is 6.45. The molecular weight excluding hydrogens is 288 g/mol. The molecule has 23 heavy (non-hydrogen) atoms. The van der Waals surface area contributed by atoms with Crippen LogP contribution in [-0.2, 0) is 4.79 Å². The Bertz CT molecular complexity index is 559. The van der Waals surface area contributed by atoms with Gasteiger partial charge >= 0.3 is 0 Å². The quantitative estimate of drug-likeness (QED) is 0.899. The van der Waals surface area contributed by atoms with Crippen LogP contribution in [0.25, 0.3) is 0 Å². The molecule has 2 aliphatic heterocycles. The average molecular weight is 314 g/mol. The van der Waals surface area contributed by atoms with Gasteiger partial charge in [0.25, 0.3) is 0 Å². The first-order valence-electron chi connectivity index (χ1n) is 8.99. The number of carbonyl (C=O) groups is 1. The van der Waals surface area contributed by atoms with Crippen molar-refractivity contribution < 1.29 is 4.79 Å². The molecule has 5 heteroatoms. The van der Waals surface area contributed by atoms with E-state index in [1.54, 1.807) is 6.20 Å². The lowest BCUT2D eigenvalue weighted by Gasteiger charge is -2.27. The average Bonchev–Trinajstić information content (AvgIpc) is 3.30. The molecule has 1 aromatic rings. The van der Waals surface area contributed by atoms with Gasteiger partial charge in [0, 0.05) is 19.0 Å². The van der Waals surface area contributed by atoms with Gasteiger partial charge in [-0.25, -0.2) is 4.98 Å². The Morgan fingerprint density at radius 1 is 1.22 bits per heavy atom. The van der Waals surface area contributed by atoms with Gasteiger partial charge in [0.1, 0.15) is 5.82 Å². The van der Waals surface area contributed by atoms with Crippen molar-refractivity contribution in [2.24, 2.45) is 11.3 Å². The van der Waals surface area contributed by atoms with Crippen molar-refractivity contribution in [2.75, 3.05) is 36.4 Å².